The number of halogens is 3. The summed E-state index contributed by atoms with van der Waals surface area (Å²) in [6, 6.07) is 0. The molecule has 0 atom stereocenters. The normalized spacial score (nSPS) is 13.9. The molecule has 0 aromatic rings. The first kappa shape index (κ1) is 9.74. The zero-order valence-electron chi connectivity index (χ0n) is 5.43. The molecule has 2 N–H and O–H groups in total. The molecular formula is C6H6F3NO. The van der Waals surface area contributed by atoms with E-state index in [1.165, 1.54) is 0 Å². The Morgan fingerprint density at radius 3 is 2.18 bits per heavy atom. The van der Waals surface area contributed by atoms with Crippen molar-refractivity contribution in [2.24, 2.45) is 5.73 Å². The van der Waals surface area contributed by atoms with Crippen LogP contribution in [0.5, 0.6) is 0 Å². The van der Waals surface area contributed by atoms with Gasteiger partial charge in [-0.2, -0.15) is 13.2 Å². The minimum Gasteiger partial charge on any atom is -0.405 e. The van der Waals surface area contributed by atoms with E-state index in [1.54, 1.807) is 0 Å². The number of aldehydes is 1. The summed E-state index contributed by atoms with van der Waals surface area (Å²) in [7, 11) is 0. The van der Waals surface area contributed by atoms with Gasteiger partial charge in [0.15, 0.2) is 0 Å². The molecule has 0 radical (unpaired) electrons. The highest BCUT2D eigenvalue weighted by Crippen LogP contribution is 2.25. The van der Waals surface area contributed by atoms with Gasteiger partial charge in [-0.25, -0.2) is 0 Å². The molecule has 0 saturated carbocycles. The van der Waals surface area contributed by atoms with Crippen molar-refractivity contribution in [2.75, 3.05) is 0 Å². The molecule has 0 spiro atoms. The van der Waals surface area contributed by atoms with Crippen LogP contribution in [0.4, 0.5) is 13.2 Å². The average Bonchev–Trinajstić information content (AvgIpc) is 1.85. The molecule has 0 amide bonds. The van der Waals surface area contributed by atoms with Crippen LogP contribution in [0.2, 0.25) is 0 Å². The van der Waals surface area contributed by atoms with Crippen LogP contribution in [-0.4, -0.2) is 12.5 Å². The molecule has 62 valence electrons. The van der Waals surface area contributed by atoms with Crippen molar-refractivity contribution < 1.29 is 18.0 Å². The third-order valence-corrected chi connectivity index (χ3v) is 0.851. The minimum atomic E-state index is -4.52. The SMILES string of the molecule is N/C=C\C(=C/C=O)C(F)(F)F. The number of alkyl halides is 3. The Kier molecular flexibility index (Phi) is 3.36. The predicted octanol–water partition coefficient (Wildman–Crippen LogP) is 1.15. The van der Waals surface area contributed by atoms with Gasteiger partial charge in [-0.3, -0.25) is 4.79 Å². The van der Waals surface area contributed by atoms with Crippen molar-refractivity contribution in [2.45, 2.75) is 6.18 Å². The van der Waals surface area contributed by atoms with E-state index in [0.717, 1.165) is 6.20 Å². The first-order valence-electron chi connectivity index (χ1n) is 2.63. The standard InChI is InChI=1S/C6H6F3NO/c7-6(8,9)5(1-3-10)2-4-11/h1-4H,10H2/b3-1-,5-2+. The summed E-state index contributed by atoms with van der Waals surface area (Å²) >= 11 is 0. The maximum Gasteiger partial charge on any atom is 0.416 e. The predicted molar refractivity (Wildman–Crippen MR) is 33.5 cm³/mol. The molecule has 0 aliphatic carbocycles. The average molecular weight is 165 g/mol. The lowest BCUT2D eigenvalue weighted by Crippen LogP contribution is -2.10. The molecular weight excluding hydrogens is 159 g/mol. The van der Waals surface area contributed by atoms with Gasteiger partial charge in [-0.1, -0.05) is 0 Å². The molecule has 5 heteroatoms. The van der Waals surface area contributed by atoms with Gasteiger partial charge < -0.3 is 5.73 Å². The Hall–Kier alpha value is -1.26. The van der Waals surface area contributed by atoms with Gasteiger partial charge in [0.25, 0.3) is 0 Å². The van der Waals surface area contributed by atoms with E-state index in [-0.39, 0.29) is 6.29 Å². The topological polar surface area (TPSA) is 43.1 Å². The van der Waals surface area contributed by atoms with Gasteiger partial charge in [-0.05, 0) is 18.4 Å². The van der Waals surface area contributed by atoms with Crippen molar-refractivity contribution in [3.8, 4) is 0 Å². The highest BCUT2D eigenvalue weighted by Gasteiger charge is 2.31. The van der Waals surface area contributed by atoms with Crippen LogP contribution in [0, 0.1) is 0 Å². The van der Waals surface area contributed by atoms with Crippen molar-refractivity contribution in [3.63, 3.8) is 0 Å². The largest absolute Gasteiger partial charge is 0.416 e. The van der Waals surface area contributed by atoms with Crippen LogP contribution in [0.3, 0.4) is 0 Å². The fourth-order valence-corrected chi connectivity index (χ4v) is 0.422. The molecule has 0 fully saturated rings. The molecule has 0 unspecified atom stereocenters. The first-order chi connectivity index (χ1) is 5.02. The Morgan fingerprint density at radius 2 is 1.91 bits per heavy atom. The Bertz CT molecular complexity index is 192. The van der Waals surface area contributed by atoms with Crippen LogP contribution in [0.15, 0.2) is 23.9 Å². The maximum absolute atomic E-state index is 11.8. The molecule has 0 bridgehead atoms. The molecule has 0 aliphatic heterocycles. The smallest absolute Gasteiger partial charge is 0.405 e. The van der Waals surface area contributed by atoms with Gasteiger partial charge in [0, 0.05) is 0 Å². The summed E-state index contributed by atoms with van der Waals surface area (Å²) < 4.78 is 35.3. The lowest BCUT2D eigenvalue weighted by molar-refractivity contribution is -0.106. The molecule has 2 nitrogen and oxygen atoms in total. The Morgan fingerprint density at radius 1 is 1.36 bits per heavy atom. The van der Waals surface area contributed by atoms with Gasteiger partial charge in [0.1, 0.15) is 6.29 Å². The van der Waals surface area contributed by atoms with Crippen LogP contribution in [-0.2, 0) is 4.79 Å². The Balaban J connectivity index is 4.61. The van der Waals surface area contributed by atoms with E-state index in [4.69, 9.17) is 5.73 Å². The van der Waals surface area contributed by atoms with Crippen LogP contribution < -0.4 is 5.73 Å². The number of allylic oxidation sites excluding steroid dienone is 3. The minimum absolute atomic E-state index is 0.0584. The summed E-state index contributed by atoms with van der Waals surface area (Å²) in [5.74, 6) is 0. The highest BCUT2D eigenvalue weighted by atomic mass is 19.4. The lowest BCUT2D eigenvalue weighted by atomic mass is 10.2. The number of nitrogens with two attached hydrogens (primary N) is 1. The summed E-state index contributed by atoms with van der Waals surface area (Å²) in [5.41, 5.74) is 3.66. The van der Waals surface area contributed by atoms with Crippen molar-refractivity contribution in [3.05, 3.63) is 23.9 Å². The molecule has 0 saturated heterocycles. The number of rotatable bonds is 2. The summed E-state index contributed by atoms with van der Waals surface area (Å²) in [5, 5.41) is 0. The van der Waals surface area contributed by atoms with E-state index in [0.29, 0.717) is 12.2 Å². The molecule has 11 heavy (non-hydrogen) atoms. The monoisotopic (exact) mass is 165 g/mol. The number of hydrogen-bond acceptors (Lipinski definition) is 2. The lowest BCUT2D eigenvalue weighted by Gasteiger charge is -2.04. The number of hydrogen-bond donors (Lipinski definition) is 1. The van der Waals surface area contributed by atoms with E-state index in [2.05, 4.69) is 0 Å². The fraction of sp³-hybridized carbons (Fsp3) is 0.167. The van der Waals surface area contributed by atoms with Crippen molar-refractivity contribution in [1.82, 2.24) is 0 Å². The van der Waals surface area contributed by atoms with Gasteiger partial charge >= 0.3 is 6.18 Å². The second-order valence-corrected chi connectivity index (χ2v) is 1.61. The molecule has 0 aliphatic rings. The fourth-order valence-electron chi connectivity index (χ4n) is 0.422. The van der Waals surface area contributed by atoms with Crippen molar-refractivity contribution >= 4 is 6.29 Å². The first-order valence-corrected chi connectivity index (χ1v) is 2.63. The number of carbonyl (C=O) groups excluding carboxylic acids is 1. The van der Waals surface area contributed by atoms with Crippen LogP contribution in [0.1, 0.15) is 0 Å². The Labute approximate surface area is 61.2 Å². The van der Waals surface area contributed by atoms with E-state index in [9.17, 15) is 18.0 Å². The zero-order valence-corrected chi connectivity index (χ0v) is 5.43. The zero-order chi connectivity index (χ0) is 8.91. The summed E-state index contributed by atoms with van der Waals surface area (Å²) in [6.07, 6.45) is -2.71. The van der Waals surface area contributed by atoms with Gasteiger partial charge in [-0.15, -0.1) is 0 Å². The van der Waals surface area contributed by atoms with Gasteiger partial charge in [0.2, 0.25) is 0 Å². The quantitative estimate of drug-likeness (QED) is 0.379. The third-order valence-electron chi connectivity index (χ3n) is 0.851. The second-order valence-electron chi connectivity index (χ2n) is 1.61. The van der Waals surface area contributed by atoms with Crippen LogP contribution >= 0.6 is 0 Å². The van der Waals surface area contributed by atoms with E-state index < -0.39 is 11.7 Å². The molecule has 0 rings (SSSR count). The third kappa shape index (κ3) is 3.44. The molecule has 0 aromatic heterocycles. The van der Waals surface area contributed by atoms with E-state index >= 15 is 0 Å². The summed E-state index contributed by atoms with van der Waals surface area (Å²) in [6.45, 7) is 0. The van der Waals surface area contributed by atoms with Crippen LogP contribution in [0.25, 0.3) is 0 Å². The number of carbonyl (C=O) groups is 1. The van der Waals surface area contributed by atoms with E-state index in [1.807, 2.05) is 0 Å². The molecule has 0 aromatic carbocycles. The molecule has 0 heterocycles. The van der Waals surface area contributed by atoms with Gasteiger partial charge in [0.05, 0.1) is 5.57 Å². The summed E-state index contributed by atoms with van der Waals surface area (Å²) in [4.78, 5) is 9.69. The van der Waals surface area contributed by atoms with Crippen molar-refractivity contribution in [1.29, 1.82) is 0 Å². The maximum atomic E-state index is 11.8. The second kappa shape index (κ2) is 3.80. The highest BCUT2D eigenvalue weighted by molar-refractivity contribution is 5.67.